The van der Waals surface area contributed by atoms with E-state index in [9.17, 15) is 9.90 Å². The molecule has 0 heterocycles. The molecule has 0 radical (unpaired) electrons. The average molecular weight is 318 g/mol. The molecule has 0 rings (SSSR count). The Hall–Kier alpha value is -1.87. The Morgan fingerprint density at radius 1 is 0.957 bits per heavy atom. The van der Waals surface area contributed by atoms with E-state index in [2.05, 4.69) is 31.2 Å². The first-order valence-corrected chi connectivity index (χ1v) is 8.35. The maximum atomic E-state index is 10.3. The Morgan fingerprint density at radius 3 is 2.35 bits per heavy atom. The molecule has 128 valence electrons. The molecule has 0 bridgehead atoms. The van der Waals surface area contributed by atoms with Gasteiger partial charge in [0.05, 0.1) is 6.10 Å². The summed E-state index contributed by atoms with van der Waals surface area (Å²) in [5.74, 6) is -0.763. The second-order valence-corrected chi connectivity index (χ2v) is 5.20. The summed E-state index contributed by atoms with van der Waals surface area (Å²) < 4.78 is 0. The van der Waals surface area contributed by atoms with Crippen LogP contribution in [0.3, 0.4) is 0 Å². The van der Waals surface area contributed by atoms with Crippen molar-refractivity contribution >= 4 is 5.97 Å². The van der Waals surface area contributed by atoms with Gasteiger partial charge < -0.3 is 10.2 Å². The van der Waals surface area contributed by atoms with E-state index in [0.29, 0.717) is 12.8 Å². The topological polar surface area (TPSA) is 57.5 Å². The van der Waals surface area contributed by atoms with Gasteiger partial charge in [0, 0.05) is 6.42 Å². The van der Waals surface area contributed by atoms with Gasteiger partial charge in [-0.3, -0.25) is 4.79 Å². The predicted molar refractivity (Wildman–Crippen MR) is 97.3 cm³/mol. The fourth-order valence-corrected chi connectivity index (χ4v) is 1.77. The van der Waals surface area contributed by atoms with Gasteiger partial charge in [0.15, 0.2) is 0 Å². The van der Waals surface area contributed by atoms with E-state index in [1.54, 1.807) is 6.08 Å². The van der Waals surface area contributed by atoms with Crippen LogP contribution in [0, 0.1) is 0 Å². The summed E-state index contributed by atoms with van der Waals surface area (Å²) >= 11 is 0. The Balaban J connectivity index is 3.68. The number of hydrogen-bond donors (Lipinski definition) is 2. The lowest BCUT2D eigenvalue weighted by Crippen LogP contribution is -1.98. The third-order valence-corrected chi connectivity index (χ3v) is 3.00. The maximum absolute atomic E-state index is 10.3. The molecular formula is C20H30O3. The van der Waals surface area contributed by atoms with Crippen LogP contribution in [0.1, 0.15) is 51.9 Å². The molecule has 0 aliphatic heterocycles. The van der Waals surface area contributed by atoms with Crippen LogP contribution in [0.2, 0.25) is 0 Å². The number of aliphatic hydroxyl groups excluding tert-OH is 1. The van der Waals surface area contributed by atoms with Gasteiger partial charge >= 0.3 is 5.97 Å². The number of hydrogen-bond acceptors (Lipinski definition) is 2. The first kappa shape index (κ1) is 21.1. The number of unbranched alkanes of at least 4 members (excludes halogenated alkanes) is 1. The van der Waals surface area contributed by atoms with Crippen LogP contribution in [0.4, 0.5) is 0 Å². The van der Waals surface area contributed by atoms with E-state index in [0.717, 1.165) is 25.7 Å². The molecule has 0 unspecified atom stereocenters. The molecule has 0 spiro atoms. The number of allylic oxidation sites excluding steroid dienone is 8. The molecule has 0 saturated heterocycles. The second kappa shape index (κ2) is 16.5. The molecule has 0 saturated carbocycles. The number of rotatable bonds is 13. The smallest absolute Gasteiger partial charge is 0.303 e. The summed E-state index contributed by atoms with van der Waals surface area (Å²) in [6.07, 6.45) is 24.6. The van der Waals surface area contributed by atoms with Gasteiger partial charge in [-0.15, -0.1) is 0 Å². The summed E-state index contributed by atoms with van der Waals surface area (Å²) in [6.45, 7) is 2.12. The van der Waals surface area contributed by atoms with Crippen molar-refractivity contribution in [2.24, 2.45) is 0 Å². The summed E-state index contributed by atoms with van der Waals surface area (Å²) in [5.41, 5.74) is 0. The van der Waals surface area contributed by atoms with Crippen molar-refractivity contribution in [1.29, 1.82) is 0 Å². The fourth-order valence-electron chi connectivity index (χ4n) is 1.77. The highest BCUT2D eigenvalue weighted by Crippen LogP contribution is 2.01. The van der Waals surface area contributed by atoms with E-state index < -0.39 is 12.1 Å². The van der Waals surface area contributed by atoms with Gasteiger partial charge in [0.25, 0.3) is 0 Å². The second-order valence-electron chi connectivity index (χ2n) is 5.20. The summed E-state index contributed by atoms with van der Waals surface area (Å²) in [5, 5.41) is 18.2. The molecule has 3 nitrogen and oxygen atoms in total. The standard InChI is InChI=1S/C20H30O3/c1-2-3-4-5-6-7-8-9-10-13-16-19(21)17-14-11-12-15-18-20(22)23/h3-4,6-7,9-11,13-14,16,19,21H,2,5,8,12,15,17-18H2,1H3,(H,22,23)/b4-3-,7-6-,10-9-,14-11-,16-13+/t19-/m0/s1. The number of carboxylic acids is 1. The maximum Gasteiger partial charge on any atom is 0.303 e. The molecule has 1 atom stereocenters. The number of carboxylic acid groups (broad SMARTS) is 1. The lowest BCUT2D eigenvalue weighted by molar-refractivity contribution is -0.137. The molecule has 2 N–H and O–H groups in total. The normalized spacial score (nSPS) is 14.2. The van der Waals surface area contributed by atoms with Crippen LogP contribution in [0.25, 0.3) is 0 Å². The molecule has 23 heavy (non-hydrogen) atoms. The quantitative estimate of drug-likeness (QED) is 0.286. The zero-order chi connectivity index (χ0) is 17.2. The molecule has 0 aliphatic rings. The van der Waals surface area contributed by atoms with Gasteiger partial charge in [-0.1, -0.05) is 67.7 Å². The van der Waals surface area contributed by atoms with Crippen LogP contribution in [0.5, 0.6) is 0 Å². The monoisotopic (exact) mass is 318 g/mol. The third kappa shape index (κ3) is 18.1. The van der Waals surface area contributed by atoms with Crippen molar-refractivity contribution in [2.75, 3.05) is 0 Å². The minimum atomic E-state index is -0.763. The zero-order valence-electron chi connectivity index (χ0n) is 14.1. The van der Waals surface area contributed by atoms with E-state index in [1.165, 1.54) is 0 Å². The van der Waals surface area contributed by atoms with Crippen molar-refractivity contribution < 1.29 is 15.0 Å². The van der Waals surface area contributed by atoms with Crippen molar-refractivity contribution in [3.05, 3.63) is 60.8 Å². The van der Waals surface area contributed by atoms with Crippen molar-refractivity contribution in [1.82, 2.24) is 0 Å². The highest BCUT2D eigenvalue weighted by Gasteiger charge is 1.95. The Bertz CT molecular complexity index is 428. The highest BCUT2D eigenvalue weighted by atomic mass is 16.4. The SMILES string of the molecule is CC/C=C\C/C=C\C/C=C\C=C\[C@H](O)C/C=C\CCCC(=O)O. The molecule has 0 aromatic rings. The first-order chi connectivity index (χ1) is 11.2. The van der Waals surface area contributed by atoms with Gasteiger partial charge in [-0.25, -0.2) is 0 Å². The van der Waals surface area contributed by atoms with Crippen LogP contribution < -0.4 is 0 Å². The lowest BCUT2D eigenvalue weighted by atomic mass is 10.2. The Labute approximate surface area is 140 Å². The molecule has 0 amide bonds. The Morgan fingerprint density at radius 2 is 1.65 bits per heavy atom. The summed E-state index contributed by atoms with van der Waals surface area (Å²) in [6, 6.07) is 0. The molecule has 3 heteroatoms. The first-order valence-electron chi connectivity index (χ1n) is 8.35. The van der Waals surface area contributed by atoms with Crippen LogP contribution in [-0.4, -0.2) is 22.3 Å². The minimum Gasteiger partial charge on any atom is -0.481 e. The van der Waals surface area contributed by atoms with E-state index in [-0.39, 0.29) is 6.42 Å². The number of aliphatic carboxylic acids is 1. The Kier molecular flexibility index (Phi) is 15.2. The van der Waals surface area contributed by atoms with E-state index in [1.807, 2.05) is 30.4 Å². The van der Waals surface area contributed by atoms with E-state index in [4.69, 9.17) is 5.11 Å². The number of carbonyl (C=O) groups is 1. The fraction of sp³-hybridized carbons (Fsp3) is 0.450. The molecule has 0 aromatic carbocycles. The van der Waals surface area contributed by atoms with Crippen molar-refractivity contribution in [2.45, 2.75) is 58.0 Å². The minimum absolute atomic E-state index is 0.195. The zero-order valence-corrected chi connectivity index (χ0v) is 14.1. The van der Waals surface area contributed by atoms with Gasteiger partial charge in [-0.05, 0) is 38.5 Å². The highest BCUT2D eigenvalue weighted by molar-refractivity contribution is 5.66. The molecule has 0 fully saturated rings. The molecule has 0 aromatic heterocycles. The van der Waals surface area contributed by atoms with Gasteiger partial charge in [0.1, 0.15) is 0 Å². The summed E-state index contributed by atoms with van der Waals surface area (Å²) in [7, 11) is 0. The largest absolute Gasteiger partial charge is 0.481 e. The predicted octanol–water partition coefficient (Wildman–Crippen LogP) is 4.96. The van der Waals surface area contributed by atoms with Gasteiger partial charge in [-0.2, -0.15) is 0 Å². The molecular weight excluding hydrogens is 288 g/mol. The van der Waals surface area contributed by atoms with Crippen molar-refractivity contribution in [3.8, 4) is 0 Å². The average Bonchev–Trinajstić information content (AvgIpc) is 2.52. The van der Waals surface area contributed by atoms with Crippen LogP contribution >= 0.6 is 0 Å². The lowest BCUT2D eigenvalue weighted by Gasteiger charge is -1.99. The van der Waals surface area contributed by atoms with Gasteiger partial charge in [0.2, 0.25) is 0 Å². The van der Waals surface area contributed by atoms with Crippen LogP contribution in [0.15, 0.2) is 60.8 Å². The van der Waals surface area contributed by atoms with E-state index >= 15 is 0 Å². The van der Waals surface area contributed by atoms with Crippen molar-refractivity contribution in [3.63, 3.8) is 0 Å². The third-order valence-electron chi connectivity index (χ3n) is 3.00. The summed E-state index contributed by atoms with van der Waals surface area (Å²) in [4.78, 5) is 10.3. The number of aliphatic hydroxyl groups is 1. The van der Waals surface area contributed by atoms with Crippen LogP contribution in [-0.2, 0) is 4.79 Å². The molecule has 0 aliphatic carbocycles.